The topological polar surface area (TPSA) is 83.9 Å². The second kappa shape index (κ2) is 8.13. The van der Waals surface area contributed by atoms with E-state index in [9.17, 15) is 26.4 Å². The molecule has 0 aliphatic carbocycles. The van der Waals surface area contributed by atoms with E-state index in [0.29, 0.717) is 12.8 Å². The average Bonchev–Trinajstić information content (AvgIpc) is 2.51. The van der Waals surface area contributed by atoms with Crippen LogP contribution in [0.4, 0.5) is 13.2 Å². The van der Waals surface area contributed by atoms with Gasteiger partial charge in [-0.2, -0.15) is 4.31 Å². The predicted molar refractivity (Wildman–Crippen MR) is 94.3 cm³/mol. The summed E-state index contributed by atoms with van der Waals surface area (Å²) in [6.07, 6.45) is -1.37. The van der Waals surface area contributed by atoms with Crippen LogP contribution in [0.1, 0.15) is 12.8 Å². The van der Waals surface area contributed by atoms with Gasteiger partial charge in [0.05, 0.1) is 8.94 Å². The predicted octanol–water partition coefficient (Wildman–Crippen LogP) is 3.39. The van der Waals surface area contributed by atoms with E-state index in [4.69, 9.17) is 5.11 Å². The number of nitrogens with zero attached hydrogens (tertiary/aromatic N) is 1. The van der Waals surface area contributed by atoms with Gasteiger partial charge in [-0.3, -0.25) is 0 Å². The van der Waals surface area contributed by atoms with Gasteiger partial charge in [0.25, 0.3) is 0 Å². The molecule has 11 heteroatoms. The molecule has 1 heterocycles. The molecule has 26 heavy (non-hydrogen) atoms. The molecule has 0 amide bonds. The smallest absolute Gasteiger partial charge is 0.478 e. The number of aliphatic carboxylic acids is 1. The van der Waals surface area contributed by atoms with Crippen molar-refractivity contribution in [3.63, 3.8) is 0 Å². The Hall–Kier alpha value is -1.34. The van der Waals surface area contributed by atoms with E-state index in [1.165, 1.54) is 4.31 Å². The van der Waals surface area contributed by atoms with Crippen LogP contribution in [0.5, 0.6) is 5.75 Å². The van der Waals surface area contributed by atoms with E-state index < -0.39 is 32.2 Å². The molecule has 0 bridgehead atoms. The lowest BCUT2D eigenvalue weighted by Gasteiger charge is -2.34. The van der Waals surface area contributed by atoms with Gasteiger partial charge in [0.15, 0.2) is 0 Å². The Labute approximate surface area is 161 Å². The molecular formula is C15H15F3INO5S. The molecule has 1 aliphatic rings. The number of rotatable bonds is 5. The minimum atomic E-state index is -4.85. The first kappa shape index (κ1) is 21.0. The zero-order chi connectivity index (χ0) is 19.5. The monoisotopic (exact) mass is 505 g/mol. The molecule has 1 aliphatic heterocycles. The van der Waals surface area contributed by atoms with Crippen LogP contribution < -0.4 is 4.74 Å². The van der Waals surface area contributed by atoms with Crippen molar-refractivity contribution in [3.05, 3.63) is 36.4 Å². The third-order valence-corrected chi connectivity index (χ3v) is 7.19. The van der Waals surface area contributed by atoms with E-state index in [0.717, 1.165) is 30.3 Å². The highest BCUT2D eigenvalue weighted by atomic mass is 127. The number of benzene rings is 1. The third kappa shape index (κ3) is 5.58. The largest absolute Gasteiger partial charge is 0.573 e. The summed E-state index contributed by atoms with van der Waals surface area (Å²) < 4.78 is 66.5. The van der Waals surface area contributed by atoms with E-state index in [1.807, 2.05) is 22.6 Å². The highest BCUT2D eigenvalue weighted by Crippen LogP contribution is 2.33. The molecule has 1 fully saturated rings. The molecule has 144 valence electrons. The van der Waals surface area contributed by atoms with E-state index in [-0.39, 0.29) is 17.4 Å². The molecule has 1 N–H and O–H groups in total. The molecule has 1 aromatic carbocycles. The second-order valence-electron chi connectivity index (χ2n) is 5.55. The maximum Gasteiger partial charge on any atom is 0.573 e. The summed E-state index contributed by atoms with van der Waals surface area (Å²) in [5, 5.41) is 8.66. The summed E-state index contributed by atoms with van der Waals surface area (Å²) >= 11 is 1.96. The van der Waals surface area contributed by atoms with Gasteiger partial charge in [0.2, 0.25) is 10.0 Å². The van der Waals surface area contributed by atoms with Gasteiger partial charge in [-0.15, -0.1) is 13.2 Å². The van der Waals surface area contributed by atoms with Gasteiger partial charge in [0, 0.05) is 12.6 Å². The quantitative estimate of drug-likeness (QED) is 0.287. The zero-order valence-electron chi connectivity index (χ0n) is 13.2. The Morgan fingerprint density at radius 3 is 2.42 bits per heavy atom. The van der Waals surface area contributed by atoms with Gasteiger partial charge in [-0.25, -0.2) is 13.2 Å². The van der Waals surface area contributed by atoms with Crippen LogP contribution in [0, 0.1) is 5.92 Å². The van der Waals surface area contributed by atoms with Crippen LogP contribution >= 0.6 is 22.6 Å². The van der Waals surface area contributed by atoms with Crippen LogP contribution in [0.25, 0.3) is 0 Å². The first-order valence-corrected chi connectivity index (χ1v) is 10.1. The minimum absolute atomic E-state index is 0.0537. The Balaban J connectivity index is 2.11. The molecule has 2 rings (SSSR count). The zero-order valence-corrected chi connectivity index (χ0v) is 16.2. The van der Waals surface area contributed by atoms with Crippen LogP contribution in [0.15, 0.2) is 41.3 Å². The van der Waals surface area contributed by atoms with Gasteiger partial charge in [-0.1, -0.05) is 28.7 Å². The number of carboxylic acids is 1. The number of halogens is 4. The molecule has 2 atom stereocenters. The van der Waals surface area contributed by atoms with E-state index in [1.54, 1.807) is 6.08 Å². The molecule has 0 aromatic heterocycles. The number of alkyl halides is 4. The van der Waals surface area contributed by atoms with Crippen molar-refractivity contribution in [2.75, 3.05) is 6.54 Å². The van der Waals surface area contributed by atoms with Crippen molar-refractivity contribution in [1.29, 1.82) is 0 Å². The molecule has 0 spiro atoms. The molecular weight excluding hydrogens is 490 g/mol. The van der Waals surface area contributed by atoms with Crippen molar-refractivity contribution in [1.82, 2.24) is 4.31 Å². The Kier molecular flexibility index (Phi) is 6.55. The molecule has 1 aromatic rings. The van der Waals surface area contributed by atoms with Gasteiger partial charge >= 0.3 is 12.3 Å². The van der Waals surface area contributed by atoms with Crippen LogP contribution in [-0.2, 0) is 14.8 Å². The summed E-state index contributed by atoms with van der Waals surface area (Å²) in [5.41, 5.74) is 0. The lowest BCUT2D eigenvalue weighted by molar-refractivity contribution is -0.274. The fourth-order valence-electron chi connectivity index (χ4n) is 2.53. The summed E-state index contributed by atoms with van der Waals surface area (Å²) in [4.78, 5) is 10.4. The van der Waals surface area contributed by atoms with Crippen LogP contribution in [0.3, 0.4) is 0 Å². The van der Waals surface area contributed by atoms with Crippen molar-refractivity contribution in [2.24, 2.45) is 5.92 Å². The van der Waals surface area contributed by atoms with Crippen molar-refractivity contribution < 1.29 is 36.2 Å². The molecule has 0 radical (unpaired) electrons. The summed E-state index contributed by atoms with van der Waals surface area (Å²) in [7, 11) is -3.88. The molecule has 1 saturated heterocycles. The summed E-state index contributed by atoms with van der Waals surface area (Å²) in [5.74, 6) is -1.62. The maximum absolute atomic E-state index is 12.7. The first-order valence-electron chi connectivity index (χ1n) is 7.42. The first-order chi connectivity index (χ1) is 12.0. The fourth-order valence-corrected chi connectivity index (χ4v) is 5.84. The minimum Gasteiger partial charge on any atom is -0.478 e. The third-order valence-electron chi connectivity index (χ3n) is 3.70. The van der Waals surface area contributed by atoms with Crippen LogP contribution in [0.2, 0.25) is 0 Å². The average molecular weight is 505 g/mol. The van der Waals surface area contributed by atoms with Crippen molar-refractivity contribution in [3.8, 4) is 5.75 Å². The lowest BCUT2D eigenvalue weighted by atomic mass is 9.98. The number of carboxylic acid groups (broad SMARTS) is 1. The standard InChI is InChI=1S/C15H15F3INO5S/c16-15(17,18)25-11-2-4-12(5-3-11)26(23,24)20-8-7-10(9-13(20)19)1-6-14(21)22/h1-6,10,13H,7-9H2,(H,21,22). The highest BCUT2D eigenvalue weighted by Gasteiger charge is 2.35. The number of hydrogen-bond acceptors (Lipinski definition) is 4. The summed E-state index contributed by atoms with van der Waals surface area (Å²) in [6, 6.07) is 4.03. The Morgan fingerprint density at radius 1 is 1.31 bits per heavy atom. The van der Waals surface area contributed by atoms with Crippen molar-refractivity contribution >= 4 is 38.6 Å². The van der Waals surface area contributed by atoms with Gasteiger partial charge in [-0.05, 0) is 43.0 Å². The van der Waals surface area contributed by atoms with Gasteiger partial charge < -0.3 is 9.84 Å². The van der Waals surface area contributed by atoms with Gasteiger partial charge in [0.1, 0.15) is 5.75 Å². The molecule has 6 nitrogen and oxygen atoms in total. The number of carbonyl (C=O) groups is 1. The highest BCUT2D eigenvalue weighted by molar-refractivity contribution is 14.1. The molecule has 0 saturated carbocycles. The van der Waals surface area contributed by atoms with E-state index >= 15 is 0 Å². The summed E-state index contributed by atoms with van der Waals surface area (Å²) in [6.45, 7) is 0.186. The lowest BCUT2D eigenvalue weighted by Crippen LogP contribution is -2.42. The normalized spacial score (nSPS) is 22.5. The number of sulfonamides is 1. The van der Waals surface area contributed by atoms with E-state index in [2.05, 4.69) is 4.74 Å². The Morgan fingerprint density at radius 2 is 1.92 bits per heavy atom. The number of allylic oxidation sites excluding steroid dienone is 1. The SMILES string of the molecule is O=C(O)C=CC1CCN(S(=O)(=O)c2ccc(OC(F)(F)F)cc2)C(I)C1. The second-order valence-corrected chi connectivity index (χ2v) is 8.88. The fraction of sp³-hybridized carbons (Fsp3) is 0.400. The van der Waals surface area contributed by atoms with Crippen LogP contribution in [-0.4, -0.2) is 40.8 Å². The number of hydrogen-bond donors (Lipinski definition) is 1. The maximum atomic E-state index is 12.7. The van der Waals surface area contributed by atoms with Crippen molar-refractivity contribution in [2.45, 2.75) is 28.1 Å². The number of piperidine rings is 1. The molecule has 2 unspecified atom stereocenters. The number of ether oxygens (including phenoxy) is 1. The Bertz CT molecular complexity index is 779.